The molecule has 0 aliphatic carbocycles. The number of pyridine rings is 3. The van der Waals surface area contributed by atoms with Crippen LogP contribution >= 0.6 is 0 Å². The van der Waals surface area contributed by atoms with Gasteiger partial charge in [-0.25, -0.2) is 9.97 Å². The Bertz CT molecular complexity index is 1270. The van der Waals surface area contributed by atoms with Crippen LogP contribution in [-0.4, -0.2) is 44.9 Å². The summed E-state index contributed by atoms with van der Waals surface area (Å²) in [5.41, 5.74) is 1.66. The first-order valence-electron chi connectivity index (χ1n) is 9.07. The average molecular weight is 397 g/mol. The lowest BCUT2D eigenvalue weighted by atomic mass is 10.1. The van der Waals surface area contributed by atoms with Gasteiger partial charge in [-0.15, -0.1) is 0 Å². The number of nitrogens with one attached hydrogen (secondary N) is 2. The maximum absolute atomic E-state index is 13.2. The molecule has 0 saturated carbocycles. The fraction of sp³-hybridized carbons (Fsp3) is 0.0500. The average Bonchev–Trinajstić information content (AvgIpc) is 3.47. The van der Waals surface area contributed by atoms with Gasteiger partial charge in [0.2, 0.25) is 5.43 Å². The minimum Gasteiger partial charge on any atom is -0.356 e. The highest BCUT2D eigenvalue weighted by Crippen LogP contribution is 2.20. The lowest BCUT2D eigenvalue weighted by Gasteiger charge is -2.04. The van der Waals surface area contributed by atoms with Gasteiger partial charge >= 0.3 is 0 Å². The summed E-state index contributed by atoms with van der Waals surface area (Å²) in [6.07, 6.45) is 6.67. The van der Waals surface area contributed by atoms with Crippen LogP contribution in [0, 0.1) is 0 Å². The molecule has 0 fully saturated rings. The molecule has 5 rings (SSSR count). The molecular weight excluding hydrogens is 382 g/mol. The summed E-state index contributed by atoms with van der Waals surface area (Å²) in [6.45, 7) is 0. The van der Waals surface area contributed by atoms with E-state index in [2.05, 4.69) is 40.3 Å². The minimum absolute atomic E-state index is 0.272. The van der Waals surface area contributed by atoms with Crippen molar-refractivity contribution in [3.8, 4) is 45.8 Å². The molecule has 0 unspecified atom stereocenters. The molecule has 10 nitrogen and oxygen atoms in total. The number of aromatic amines is 2. The fourth-order valence-electron chi connectivity index (χ4n) is 3.02. The molecule has 0 atom stereocenters. The second-order valence-electron chi connectivity index (χ2n) is 6.53. The zero-order valence-electron chi connectivity index (χ0n) is 15.8. The van der Waals surface area contributed by atoms with Gasteiger partial charge in [0, 0.05) is 31.8 Å². The van der Waals surface area contributed by atoms with Gasteiger partial charge in [0.1, 0.15) is 11.4 Å². The molecular formula is C20H15N9O. The second kappa shape index (κ2) is 7.17. The van der Waals surface area contributed by atoms with Gasteiger partial charge in [-0.2, -0.15) is 10.2 Å². The first-order valence-corrected chi connectivity index (χ1v) is 9.07. The van der Waals surface area contributed by atoms with Crippen molar-refractivity contribution in [1.29, 1.82) is 0 Å². The molecule has 0 saturated heterocycles. The molecule has 0 spiro atoms. The van der Waals surface area contributed by atoms with Gasteiger partial charge < -0.3 is 4.57 Å². The van der Waals surface area contributed by atoms with Crippen molar-refractivity contribution >= 4 is 0 Å². The number of hydrogen-bond acceptors (Lipinski definition) is 7. The molecule has 0 aliphatic heterocycles. The molecule has 2 N–H and O–H groups in total. The van der Waals surface area contributed by atoms with Crippen LogP contribution in [0.3, 0.4) is 0 Å². The van der Waals surface area contributed by atoms with Crippen LogP contribution in [0.2, 0.25) is 0 Å². The Morgan fingerprint density at radius 1 is 0.767 bits per heavy atom. The van der Waals surface area contributed by atoms with Crippen LogP contribution in [-0.2, 0) is 7.05 Å². The predicted molar refractivity (Wildman–Crippen MR) is 109 cm³/mol. The summed E-state index contributed by atoms with van der Waals surface area (Å²) in [5, 5.41) is 14.1. The molecule has 10 heteroatoms. The van der Waals surface area contributed by atoms with Crippen molar-refractivity contribution in [3.63, 3.8) is 0 Å². The van der Waals surface area contributed by atoms with Crippen LogP contribution in [0.25, 0.3) is 45.8 Å². The number of rotatable bonds is 4. The summed E-state index contributed by atoms with van der Waals surface area (Å²) < 4.78 is 1.75. The van der Waals surface area contributed by atoms with E-state index in [1.165, 1.54) is 0 Å². The Hall–Kier alpha value is -4.47. The Morgan fingerprint density at radius 3 is 1.70 bits per heavy atom. The summed E-state index contributed by atoms with van der Waals surface area (Å²) >= 11 is 0. The monoisotopic (exact) mass is 397 g/mol. The van der Waals surface area contributed by atoms with Crippen LogP contribution in [0.15, 0.2) is 66.0 Å². The Kier molecular flexibility index (Phi) is 4.21. The summed E-state index contributed by atoms with van der Waals surface area (Å²) in [5.74, 6) is 1.51. The summed E-state index contributed by atoms with van der Waals surface area (Å²) in [7, 11) is 1.81. The normalized spacial score (nSPS) is 11.0. The second-order valence-corrected chi connectivity index (χ2v) is 6.53. The highest BCUT2D eigenvalue weighted by Gasteiger charge is 2.18. The molecule has 0 aromatic carbocycles. The highest BCUT2D eigenvalue weighted by atomic mass is 16.1. The van der Waals surface area contributed by atoms with Crippen molar-refractivity contribution in [3.05, 3.63) is 71.4 Å². The minimum atomic E-state index is -0.272. The first-order chi connectivity index (χ1) is 14.7. The molecule has 0 aliphatic rings. The summed E-state index contributed by atoms with van der Waals surface area (Å²) in [4.78, 5) is 30.6. The topological polar surface area (TPSA) is 131 Å². The van der Waals surface area contributed by atoms with E-state index in [-0.39, 0.29) is 17.1 Å². The molecule has 0 amide bonds. The predicted octanol–water partition coefficient (Wildman–Crippen LogP) is 2.08. The number of hydrogen-bond donors (Lipinski definition) is 2. The lowest BCUT2D eigenvalue weighted by Crippen LogP contribution is -2.13. The van der Waals surface area contributed by atoms with Crippen LogP contribution in [0.5, 0.6) is 0 Å². The largest absolute Gasteiger partial charge is 0.356 e. The van der Waals surface area contributed by atoms with Crippen LogP contribution in [0.4, 0.5) is 0 Å². The van der Waals surface area contributed by atoms with E-state index >= 15 is 0 Å². The van der Waals surface area contributed by atoms with Crippen molar-refractivity contribution < 1.29 is 0 Å². The zero-order chi connectivity index (χ0) is 20.5. The third-order valence-electron chi connectivity index (χ3n) is 4.42. The molecule has 5 aromatic rings. The zero-order valence-corrected chi connectivity index (χ0v) is 15.8. The number of aromatic nitrogens is 9. The van der Waals surface area contributed by atoms with E-state index < -0.39 is 0 Å². The van der Waals surface area contributed by atoms with Crippen LogP contribution < -0.4 is 5.43 Å². The third-order valence-corrected chi connectivity index (χ3v) is 4.42. The van der Waals surface area contributed by atoms with Crippen molar-refractivity contribution in [1.82, 2.24) is 44.9 Å². The van der Waals surface area contributed by atoms with E-state index in [4.69, 9.17) is 0 Å². The number of aryl methyl sites for hydroxylation is 1. The smallest absolute Gasteiger partial charge is 0.203 e. The molecule has 5 aromatic heterocycles. The van der Waals surface area contributed by atoms with Gasteiger partial charge in [0.05, 0.1) is 11.1 Å². The molecule has 0 radical (unpaired) electrons. The fourth-order valence-corrected chi connectivity index (χ4v) is 3.02. The lowest BCUT2D eigenvalue weighted by molar-refractivity contribution is 0.898. The molecule has 146 valence electrons. The molecule has 5 heterocycles. The number of H-pyrrole nitrogens is 2. The maximum atomic E-state index is 13.2. The van der Waals surface area contributed by atoms with E-state index in [0.717, 1.165) is 0 Å². The Balaban J connectivity index is 1.57. The van der Waals surface area contributed by atoms with E-state index in [9.17, 15) is 4.79 Å². The first kappa shape index (κ1) is 17.6. The van der Waals surface area contributed by atoms with E-state index in [1.807, 2.05) is 43.4 Å². The van der Waals surface area contributed by atoms with Crippen molar-refractivity contribution in [2.45, 2.75) is 0 Å². The number of nitrogens with zero attached hydrogens (tertiary/aromatic N) is 7. The van der Waals surface area contributed by atoms with E-state index in [1.54, 1.807) is 29.4 Å². The maximum Gasteiger partial charge on any atom is 0.203 e. The van der Waals surface area contributed by atoms with Gasteiger partial charge in [-0.1, -0.05) is 12.1 Å². The van der Waals surface area contributed by atoms with E-state index in [0.29, 0.717) is 34.2 Å². The Labute approximate surface area is 169 Å². The molecule has 0 bridgehead atoms. The van der Waals surface area contributed by atoms with Gasteiger partial charge in [-0.05, 0) is 24.3 Å². The van der Waals surface area contributed by atoms with Gasteiger partial charge in [0.25, 0.3) is 0 Å². The van der Waals surface area contributed by atoms with Gasteiger partial charge in [-0.3, -0.25) is 25.0 Å². The molecule has 30 heavy (non-hydrogen) atoms. The summed E-state index contributed by atoms with van der Waals surface area (Å²) in [6, 6.07) is 11.0. The van der Waals surface area contributed by atoms with Gasteiger partial charge in [0.15, 0.2) is 23.3 Å². The third kappa shape index (κ3) is 3.15. The standard InChI is InChI=1S/C20H15N9O/c1-29-10-12(17-23-19(27-25-17)14-6-2-4-8-21-14)16(30)13(11-29)18-24-20(28-26-18)15-7-3-5-9-22-15/h2-11H,1H3,(H,23,25,27)(H,24,26,28). The van der Waals surface area contributed by atoms with Crippen LogP contribution in [0.1, 0.15) is 0 Å². The SMILES string of the molecule is Cn1cc(-c2n[nH]c(-c3ccccn3)n2)c(=O)c(-c2n[nH]c(-c3ccccn3)n2)c1. The Morgan fingerprint density at radius 2 is 1.27 bits per heavy atom. The highest BCUT2D eigenvalue weighted by molar-refractivity contribution is 5.66. The van der Waals surface area contributed by atoms with Crippen molar-refractivity contribution in [2.75, 3.05) is 0 Å². The van der Waals surface area contributed by atoms with Crippen molar-refractivity contribution in [2.24, 2.45) is 7.05 Å². The quantitative estimate of drug-likeness (QED) is 0.475.